The van der Waals surface area contributed by atoms with E-state index in [1.165, 1.54) is 24.1 Å². The Morgan fingerprint density at radius 2 is 2.29 bits per heavy atom. The molecule has 0 radical (unpaired) electrons. The first kappa shape index (κ1) is 10.3. The number of hydrogen-bond acceptors (Lipinski definition) is 4. The molecular formula is C12H15N5. The minimum absolute atomic E-state index is 0.618. The molecule has 2 aromatic rings. The Balaban J connectivity index is 1.69. The van der Waals surface area contributed by atoms with E-state index in [1.807, 2.05) is 13.1 Å². The second-order valence-corrected chi connectivity index (χ2v) is 4.34. The smallest absolute Gasteiger partial charge is 0.169 e. The van der Waals surface area contributed by atoms with E-state index < -0.39 is 0 Å². The van der Waals surface area contributed by atoms with Gasteiger partial charge in [-0.05, 0) is 30.9 Å². The molecule has 0 fully saturated rings. The normalized spacial score (nSPS) is 13.7. The first-order valence-corrected chi connectivity index (χ1v) is 5.88. The Morgan fingerprint density at radius 1 is 1.35 bits per heavy atom. The van der Waals surface area contributed by atoms with Gasteiger partial charge in [-0.3, -0.25) is 4.68 Å². The second kappa shape index (κ2) is 4.16. The molecule has 3 rings (SSSR count). The van der Waals surface area contributed by atoms with Crippen LogP contribution in [-0.2, 0) is 26.4 Å². The fourth-order valence-electron chi connectivity index (χ4n) is 2.15. The van der Waals surface area contributed by atoms with Gasteiger partial charge in [0.15, 0.2) is 5.82 Å². The van der Waals surface area contributed by atoms with Gasteiger partial charge in [0.25, 0.3) is 0 Å². The number of fused-ring (bicyclic) bond motifs is 1. The summed E-state index contributed by atoms with van der Waals surface area (Å²) in [7, 11) is 1.87. The summed E-state index contributed by atoms with van der Waals surface area (Å²) >= 11 is 0. The van der Waals surface area contributed by atoms with Crippen LogP contribution in [0.5, 0.6) is 0 Å². The van der Waals surface area contributed by atoms with Crippen LogP contribution in [0.4, 0.5) is 5.82 Å². The van der Waals surface area contributed by atoms with Gasteiger partial charge in [0.1, 0.15) is 12.1 Å². The topological polar surface area (TPSA) is 55.6 Å². The Morgan fingerprint density at radius 3 is 3.12 bits per heavy atom. The van der Waals surface area contributed by atoms with Crippen LogP contribution in [0.25, 0.3) is 0 Å². The summed E-state index contributed by atoms with van der Waals surface area (Å²) in [6.45, 7) is 0.618. The summed E-state index contributed by atoms with van der Waals surface area (Å²) in [5, 5.41) is 7.47. The van der Waals surface area contributed by atoms with Crippen molar-refractivity contribution in [2.75, 3.05) is 5.32 Å². The fraction of sp³-hybridized carbons (Fsp3) is 0.417. The number of aromatic nitrogens is 4. The van der Waals surface area contributed by atoms with Crippen LogP contribution in [-0.4, -0.2) is 19.7 Å². The Bertz CT molecular complexity index is 531. The molecule has 5 heteroatoms. The van der Waals surface area contributed by atoms with E-state index in [4.69, 9.17) is 0 Å². The molecule has 1 aliphatic rings. The van der Waals surface area contributed by atoms with E-state index >= 15 is 0 Å². The molecule has 0 bridgehead atoms. The third-order valence-electron chi connectivity index (χ3n) is 3.00. The Kier molecular flexibility index (Phi) is 2.51. The van der Waals surface area contributed by atoms with Crippen molar-refractivity contribution in [3.63, 3.8) is 0 Å². The van der Waals surface area contributed by atoms with E-state index in [0.717, 1.165) is 18.1 Å². The SMILES string of the molecule is Cn1cnc(CNc2ccc3c(n2)CCC3)n1. The second-order valence-electron chi connectivity index (χ2n) is 4.34. The largest absolute Gasteiger partial charge is 0.363 e. The van der Waals surface area contributed by atoms with E-state index in [2.05, 4.69) is 26.4 Å². The number of nitrogens with one attached hydrogen (secondary N) is 1. The number of nitrogens with zero attached hydrogens (tertiary/aromatic N) is 4. The number of aryl methyl sites for hydroxylation is 3. The van der Waals surface area contributed by atoms with Crippen molar-refractivity contribution in [1.82, 2.24) is 19.7 Å². The van der Waals surface area contributed by atoms with E-state index in [9.17, 15) is 0 Å². The summed E-state index contributed by atoms with van der Waals surface area (Å²) in [5.41, 5.74) is 2.63. The molecule has 17 heavy (non-hydrogen) atoms. The van der Waals surface area contributed by atoms with E-state index in [0.29, 0.717) is 6.54 Å². The number of hydrogen-bond donors (Lipinski definition) is 1. The van der Waals surface area contributed by atoms with Gasteiger partial charge in [-0.1, -0.05) is 6.07 Å². The number of rotatable bonds is 3. The number of pyridine rings is 1. The Hall–Kier alpha value is -1.91. The summed E-state index contributed by atoms with van der Waals surface area (Å²) < 4.78 is 1.70. The maximum Gasteiger partial charge on any atom is 0.169 e. The zero-order valence-electron chi connectivity index (χ0n) is 9.85. The van der Waals surface area contributed by atoms with Crippen molar-refractivity contribution < 1.29 is 0 Å². The van der Waals surface area contributed by atoms with Crippen LogP contribution < -0.4 is 5.32 Å². The van der Waals surface area contributed by atoms with Crippen LogP contribution >= 0.6 is 0 Å². The lowest BCUT2D eigenvalue weighted by Crippen LogP contribution is -2.04. The van der Waals surface area contributed by atoms with Gasteiger partial charge >= 0.3 is 0 Å². The molecular weight excluding hydrogens is 214 g/mol. The number of anilines is 1. The van der Waals surface area contributed by atoms with Crippen molar-refractivity contribution >= 4 is 5.82 Å². The van der Waals surface area contributed by atoms with Gasteiger partial charge in [0.2, 0.25) is 0 Å². The maximum atomic E-state index is 4.60. The van der Waals surface area contributed by atoms with Crippen LogP contribution in [0.3, 0.4) is 0 Å². The highest BCUT2D eigenvalue weighted by molar-refractivity contribution is 5.40. The summed E-state index contributed by atoms with van der Waals surface area (Å²) in [6.07, 6.45) is 5.21. The van der Waals surface area contributed by atoms with E-state index in [1.54, 1.807) is 11.0 Å². The molecule has 0 saturated carbocycles. The maximum absolute atomic E-state index is 4.60. The van der Waals surface area contributed by atoms with Crippen molar-refractivity contribution in [1.29, 1.82) is 0 Å². The highest BCUT2D eigenvalue weighted by Gasteiger charge is 2.12. The van der Waals surface area contributed by atoms with Gasteiger partial charge < -0.3 is 5.32 Å². The molecule has 2 aromatic heterocycles. The zero-order chi connectivity index (χ0) is 11.7. The average molecular weight is 229 g/mol. The lowest BCUT2D eigenvalue weighted by Gasteiger charge is -2.05. The molecule has 88 valence electrons. The predicted molar refractivity (Wildman–Crippen MR) is 64.6 cm³/mol. The van der Waals surface area contributed by atoms with Gasteiger partial charge in [0.05, 0.1) is 6.54 Å². The molecule has 0 amide bonds. The highest BCUT2D eigenvalue weighted by Crippen LogP contribution is 2.21. The van der Waals surface area contributed by atoms with Gasteiger partial charge in [0, 0.05) is 12.7 Å². The van der Waals surface area contributed by atoms with E-state index in [-0.39, 0.29) is 0 Å². The zero-order valence-corrected chi connectivity index (χ0v) is 9.85. The molecule has 0 unspecified atom stereocenters. The fourth-order valence-corrected chi connectivity index (χ4v) is 2.15. The molecule has 2 heterocycles. The van der Waals surface area contributed by atoms with Crippen LogP contribution in [0.15, 0.2) is 18.5 Å². The minimum Gasteiger partial charge on any atom is -0.363 e. The summed E-state index contributed by atoms with van der Waals surface area (Å²) in [5.74, 6) is 1.70. The molecule has 0 saturated heterocycles. The monoisotopic (exact) mass is 229 g/mol. The summed E-state index contributed by atoms with van der Waals surface area (Å²) in [6, 6.07) is 4.20. The molecule has 1 N–H and O–H groups in total. The predicted octanol–water partition coefficient (Wildman–Crippen LogP) is 1.31. The molecule has 0 aliphatic heterocycles. The quantitative estimate of drug-likeness (QED) is 0.862. The lowest BCUT2D eigenvalue weighted by molar-refractivity contribution is 0.747. The minimum atomic E-state index is 0.618. The van der Waals surface area contributed by atoms with Gasteiger partial charge in [-0.25, -0.2) is 9.97 Å². The van der Waals surface area contributed by atoms with Gasteiger partial charge in [-0.15, -0.1) is 0 Å². The van der Waals surface area contributed by atoms with Crippen LogP contribution in [0.1, 0.15) is 23.5 Å². The van der Waals surface area contributed by atoms with Crippen LogP contribution in [0.2, 0.25) is 0 Å². The van der Waals surface area contributed by atoms with Crippen molar-refractivity contribution in [3.05, 3.63) is 35.5 Å². The van der Waals surface area contributed by atoms with Crippen molar-refractivity contribution in [2.45, 2.75) is 25.8 Å². The third kappa shape index (κ3) is 2.13. The third-order valence-corrected chi connectivity index (χ3v) is 3.00. The first-order chi connectivity index (χ1) is 8.31. The standard InChI is InChI=1S/C12H15N5/c1-17-8-14-12(16-17)7-13-11-6-5-9-3-2-4-10(9)15-11/h5-6,8H,2-4,7H2,1H3,(H,13,15). The molecule has 0 spiro atoms. The highest BCUT2D eigenvalue weighted by atomic mass is 15.3. The molecule has 5 nitrogen and oxygen atoms in total. The van der Waals surface area contributed by atoms with Crippen LogP contribution in [0, 0.1) is 0 Å². The Labute approximate surface area is 99.9 Å². The lowest BCUT2D eigenvalue weighted by atomic mass is 10.2. The van der Waals surface area contributed by atoms with Gasteiger partial charge in [-0.2, -0.15) is 5.10 Å². The van der Waals surface area contributed by atoms with Crippen molar-refractivity contribution in [3.8, 4) is 0 Å². The first-order valence-electron chi connectivity index (χ1n) is 5.88. The van der Waals surface area contributed by atoms with Crippen molar-refractivity contribution in [2.24, 2.45) is 7.05 Å². The molecule has 1 aliphatic carbocycles. The molecule has 0 atom stereocenters. The average Bonchev–Trinajstić information content (AvgIpc) is 2.94. The molecule has 0 aromatic carbocycles. The summed E-state index contributed by atoms with van der Waals surface area (Å²) in [4.78, 5) is 8.77.